The molecule has 0 fully saturated rings. The summed E-state index contributed by atoms with van der Waals surface area (Å²) in [4.78, 5) is 0. The number of aromatic hydroxyl groups is 3. The topological polar surface area (TPSA) is 72.0 Å². The maximum Gasteiger partial charge on any atom is 0.364 e. The summed E-state index contributed by atoms with van der Waals surface area (Å²) in [6.07, 6.45) is 0. The van der Waals surface area contributed by atoms with E-state index in [1.165, 1.54) is 12.1 Å². The van der Waals surface area contributed by atoms with E-state index in [1.807, 2.05) is 19.9 Å². The number of rotatable bonds is 1. The van der Waals surface area contributed by atoms with Crippen LogP contribution in [0.1, 0.15) is 11.1 Å². The molecular weight excluding hydrogens is 268 g/mol. The van der Waals surface area contributed by atoms with Crippen LogP contribution in [0.25, 0.3) is 22.3 Å². The lowest BCUT2D eigenvalue weighted by Crippen LogP contribution is -1.87. The fourth-order valence-corrected chi connectivity index (χ4v) is 2.44. The summed E-state index contributed by atoms with van der Waals surface area (Å²) >= 11 is 0. The zero-order valence-corrected chi connectivity index (χ0v) is 11.7. The van der Waals surface area contributed by atoms with Crippen LogP contribution >= 0.6 is 0 Å². The predicted molar refractivity (Wildman–Crippen MR) is 80.5 cm³/mol. The molecule has 0 radical (unpaired) electrons. The number of hydrogen-bond donors (Lipinski definition) is 3. The van der Waals surface area contributed by atoms with Gasteiger partial charge in [0.15, 0.2) is 11.5 Å². The highest BCUT2D eigenvalue weighted by molar-refractivity contribution is 5.85. The molecule has 106 valence electrons. The first kappa shape index (κ1) is 13.2. The van der Waals surface area contributed by atoms with Gasteiger partial charge in [0.2, 0.25) is 0 Å². The lowest BCUT2D eigenvalue weighted by Gasteiger charge is -2.02. The van der Waals surface area contributed by atoms with Gasteiger partial charge in [0.1, 0.15) is 5.75 Å². The molecule has 4 nitrogen and oxygen atoms in total. The molecule has 0 aliphatic rings. The Morgan fingerprint density at radius 2 is 1.57 bits per heavy atom. The quantitative estimate of drug-likeness (QED) is 0.464. The van der Waals surface area contributed by atoms with E-state index in [1.54, 1.807) is 18.2 Å². The molecule has 3 rings (SSSR count). The van der Waals surface area contributed by atoms with Gasteiger partial charge in [-0.05, 0) is 43.7 Å². The molecule has 0 aliphatic carbocycles. The second-order valence-electron chi connectivity index (χ2n) is 5.14. The number of fused-ring (bicyclic) bond motifs is 1. The summed E-state index contributed by atoms with van der Waals surface area (Å²) in [5, 5.41) is 29.6. The van der Waals surface area contributed by atoms with Crippen molar-refractivity contribution in [1.82, 2.24) is 0 Å². The van der Waals surface area contributed by atoms with Crippen molar-refractivity contribution in [3.05, 3.63) is 47.5 Å². The van der Waals surface area contributed by atoms with E-state index in [0.717, 1.165) is 16.5 Å². The third-order valence-electron chi connectivity index (χ3n) is 3.50. The summed E-state index contributed by atoms with van der Waals surface area (Å²) < 4.78 is 5.88. The van der Waals surface area contributed by atoms with Crippen molar-refractivity contribution in [3.8, 4) is 28.6 Å². The third-order valence-corrected chi connectivity index (χ3v) is 3.50. The van der Waals surface area contributed by atoms with Crippen molar-refractivity contribution in [2.24, 2.45) is 0 Å². The smallest absolute Gasteiger partial charge is 0.364 e. The van der Waals surface area contributed by atoms with E-state index in [4.69, 9.17) is 4.42 Å². The number of phenolic OH excluding ortho intramolecular Hbond substituents is 3. The molecule has 0 aliphatic heterocycles. The van der Waals surface area contributed by atoms with Gasteiger partial charge in [0.05, 0.1) is 22.6 Å². The van der Waals surface area contributed by atoms with Crippen molar-refractivity contribution < 1.29 is 19.7 Å². The van der Waals surface area contributed by atoms with Crippen molar-refractivity contribution in [2.75, 3.05) is 0 Å². The second kappa shape index (κ2) is 4.66. The van der Waals surface area contributed by atoms with Crippen LogP contribution in [0.3, 0.4) is 0 Å². The van der Waals surface area contributed by atoms with Crippen LogP contribution in [-0.4, -0.2) is 15.3 Å². The van der Waals surface area contributed by atoms with E-state index < -0.39 is 0 Å². The molecule has 3 aromatic rings. The maximum absolute atomic E-state index is 9.69. The van der Waals surface area contributed by atoms with E-state index in [2.05, 4.69) is 0 Å². The van der Waals surface area contributed by atoms with Crippen LogP contribution in [0.15, 0.2) is 40.8 Å². The normalized spacial score (nSPS) is 11.0. The molecule has 0 saturated heterocycles. The lowest BCUT2D eigenvalue weighted by molar-refractivity contribution is 0.404. The van der Waals surface area contributed by atoms with E-state index in [9.17, 15) is 15.3 Å². The summed E-state index contributed by atoms with van der Waals surface area (Å²) in [5.41, 5.74) is 3.06. The fraction of sp³-hybridized carbons (Fsp3) is 0.118. The number of hydrogen-bond acceptors (Lipinski definition) is 3. The van der Waals surface area contributed by atoms with E-state index in [-0.39, 0.29) is 17.2 Å². The van der Waals surface area contributed by atoms with E-state index in [0.29, 0.717) is 16.9 Å². The minimum Gasteiger partial charge on any atom is -0.508 e. The molecule has 3 N–H and O–H groups in total. The first-order chi connectivity index (χ1) is 9.95. The maximum atomic E-state index is 9.69. The molecular formula is C17H15O4+. The van der Waals surface area contributed by atoms with Gasteiger partial charge in [-0.25, -0.2) is 4.42 Å². The minimum absolute atomic E-state index is 0.145. The minimum atomic E-state index is -0.200. The highest BCUT2D eigenvalue weighted by Gasteiger charge is 2.21. The summed E-state index contributed by atoms with van der Waals surface area (Å²) in [6, 6.07) is 9.75. The molecule has 0 saturated carbocycles. The number of aryl methyl sites for hydroxylation is 2. The van der Waals surface area contributed by atoms with Crippen LogP contribution in [-0.2, 0) is 0 Å². The van der Waals surface area contributed by atoms with Gasteiger partial charge in [0.25, 0.3) is 0 Å². The van der Waals surface area contributed by atoms with Gasteiger partial charge < -0.3 is 15.3 Å². The van der Waals surface area contributed by atoms with Crippen LogP contribution in [0, 0.1) is 13.8 Å². The summed E-state index contributed by atoms with van der Waals surface area (Å²) in [6.45, 7) is 3.82. The summed E-state index contributed by atoms with van der Waals surface area (Å²) in [7, 11) is 0. The van der Waals surface area contributed by atoms with Crippen LogP contribution < -0.4 is 0 Å². The number of benzene rings is 2. The first-order valence-electron chi connectivity index (χ1n) is 6.55. The number of phenols is 3. The van der Waals surface area contributed by atoms with E-state index >= 15 is 0 Å². The standard InChI is InChI=1S/C17H14O4/c1-9-5-12(18)8-16-13(9)6-10(2)17(21-16)11-3-4-14(19)15(20)7-11/h3-8H,1-2H3,(H2-,18,19,20)/p+1. The largest absolute Gasteiger partial charge is 0.508 e. The van der Waals surface area contributed by atoms with Crippen LogP contribution in [0.2, 0.25) is 0 Å². The predicted octanol–water partition coefficient (Wildman–Crippen LogP) is 4.11. The van der Waals surface area contributed by atoms with Crippen molar-refractivity contribution in [3.63, 3.8) is 0 Å². The molecule has 1 aromatic heterocycles. The molecule has 1 heterocycles. The SMILES string of the molecule is Cc1cc2c(C)cc(O)cc2[o+]c1-c1ccc(O)c(O)c1. The average molecular weight is 283 g/mol. The Balaban J connectivity index is 2.27. The lowest BCUT2D eigenvalue weighted by atomic mass is 10.0. The molecule has 4 heteroatoms. The van der Waals surface area contributed by atoms with Crippen LogP contribution in [0.5, 0.6) is 17.2 Å². The van der Waals surface area contributed by atoms with Gasteiger partial charge in [-0.1, -0.05) is 0 Å². The molecule has 0 amide bonds. The molecule has 0 atom stereocenters. The molecule has 0 unspecified atom stereocenters. The Bertz CT molecular complexity index is 853. The zero-order valence-electron chi connectivity index (χ0n) is 11.7. The fourth-order valence-electron chi connectivity index (χ4n) is 2.44. The van der Waals surface area contributed by atoms with Gasteiger partial charge in [-0.15, -0.1) is 0 Å². The van der Waals surface area contributed by atoms with Gasteiger partial charge in [-0.3, -0.25) is 0 Å². The Kier molecular flexibility index (Phi) is 2.94. The second-order valence-corrected chi connectivity index (χ2v) is 5.14. The molecule has 0 spiro atoms. The zero-order chi connectivity index (χ0) is 15.1. The highest BCUT2D eigenvalue weighted by Crippen LogP contribution is 2.35. The van der Waals surface area contributed by atoms with Crippen LogP contribution in [0.4, 0.5) is 0 Å². The third kappa shape index (κ3) is 2.25. The highest BCUT2D eigenvalue weighted by atomic mass is 16.3. The monoisotopic (exact) mass is 283 g/mol. The van der Waals surface area contributed by atoms with Crippen molar-refractivity contribution in [1.29, 1.82) is 0 Å². The average Bonchev–Trinajstić information content (AvgIpc) is 2.42. The van der Waals surface area contributed by atoms with Crippen molar-refractivity contribution in [2.45, 2.75) is 13.8 Å². The molecule has 21 heavy (non-hydrogen) atoms. The Labute approximate surface area is 121 Å². The Hall–Kier alpha value is -2.75. The van der Waals surface area contributed by atoms with Crippen molar-refractivity contribution >= 4 is 11.0 Å². The van der Waals surface area contributed by atoms with Gasteiger partial charge in [0, 0.05) is 6.07 Å². The Morgan fingerprint density at radius 3 is 2.29 bits per heavy atom. The van der Waals surface area contributed by atoms with Gasteiger partial charge in [-0.2, -0.15) is 0 Å². The Morgan fingerprint density at radius 1 is 0.810 bits per heavy atom. The first-order valence-corrected chi connectivity index (χ1v) is 6.55. The summed E-state index contributed by atoms with van der Waals surface area (Å²) in [5.74, 6) is 0.356. The molecule has 2 aromatic carbocycles. The van der Waals surface area contributed by atoms with Gasteiger partial charge >= 0.3 is 11.3 Å². The molecule has 0 bridgehead atoms.